The van der Waals surface area contributed by atoms with Gasteiger partial charge in [0, 0.05) is 6.20 Å². The van der Waals surface area contributed by atoms with Crippen LogP contribution in [0.4, 0.5) is 4.39 Å². The quantitative estimate of drug-likeness (QED) is 0.677. The lowest BCUT2D eigenvalue weighted by Crippen LogP contribution is -2.15. The summed E-state index contributed by atoms with van der Waals surface area (Å²) in [5, 5.41) is 17.0. The zero-order valence-electron chi connectivity index (χ0n) is 6.74. The molecule has 1 aromatic rings. The van der Waals surface area contributed by atoms with Crippen LogP contribution in [0.3, 0.4) is 0 Å². The molecule has 13 heavy (non-hydrogen) atoms. The molecule has 1 atom stereocenters. The fourth-order valence-electron chi connectivity index (χ4n) is 0.843. The molecule has 1 aromatic heterocycles. The fourth-order valence-corrected chi connectivity index (χ4v) is 0.843. The van der Waals surface area contributed by atoms with E-state index in [1.807, 2.05) is 0 Å². The molecule has 0 aliphatic rings. The number of nitrogens with two attached hydrogens (primary N) is 1. The Morgan fingerprint density at radius 3 is 2.92 bits per heavy atom. The van der Waals surface area contributed by atoms with Gasteiger partial charge in [-0.1, -0.05) is 0 Å². The number of rotatable bonds is 2. The summed E-state index contributed by atoms with van der Waals surface area (Å²) >= 11 is 0. The Morgan fingerprint density at radius 1 is 1.77 bits per heavy atom. The third-order valence-electron chi connectivity index (χ3n) is 1.59. The second-order valence-corrected chi connectivity index (χ2v) is 2.50. The van der Waals surface area contributed by atoms with E-state index >= 15 is 0 Å². The van der Waals surface area contributed by atoms with Crippen LogP contribution in [0.5, 0.6) is 0 Å². The number of aliphatic hydroxyl groups is 1. The number of hydrogen-bond acceptors (Lipinski definition) is 4. The number of aliphatic hydroxyl groups excluding tert-OH is 1. The Kier molecular flexibility index (Phi) is 2.90. The second-order valence-electron chi connectivity index (χ2n) is 2.50. The van der Waals surface area contributed by atoms with E-state index in [-0.39, 0.29) is 12.3 Å². The summed E-state index contributed by atoms with van der Waals surface area (Å²) in [4.78, 5) is 3.54. The van der Waals surface area contributed by atoms with Gasteiger partial charge in [0.25, 0.3) is 0 Å². The minimum absolute atomic E-state index is 0.270. The first-order chi connectivity index (χ1) is 6.19. The number of halogens is 1. The lowest BCUT2D eigenvalue weighted by Gasteiger charge is -2.07. The smallest absolute Gasteiger partial charge is 0.176 e. The molecule has 0 aliphatic heterocycles. The van der Waals surface area contributed by atoms with Crippen LogP contribution in [0.15, 0.2) is 12.3 Å². The zero-order valence-corrected chi connectivity index (χ0v) is 6.74. The monoisotopic (exact) mass is 181 g/mol. The van der Waals surface area contributed by atoms with Crippen molar-refractivity contribution in [1.82, 2.24) is 4.98 Å². The summed E-state index contributed by atoms with van der Waals surface area (Å²) < 4.78 is 12.9. The lowest BCUT2D eigenvalue weighted by molar-refractivity contribution is 0.267. The van der Waals surface area contributed by atoms with Crippen molar-refractivity contribution in [3.05, 3.63) is 29.3 Å². The third-order valence-corrected chi connectivity index (χ3v) is 1.59. The molecule has 5 heteroatoms. The average molecular weight is 181 g/mol. The highest BCUT2D eigenvalue weighted by Crippen LogP contribution is 2.11. The largest absolute Gasteiger partial charge is 0.394 e. The van der Waals surface area contributed by atoms with Crippen LogP contribution in [0.25, 0.3) is 0 Å². The molecule has 0 aromatic carbocycles. The Bertz CT molecular complexity index is 348. The molecule has 1 heterocycles. The molecule has 0 fully saturated rings. The Morgan fingerprint density at radius 2 is 2.46 bits per heavy atom. The van der Waals surface area contributed by atoms with Crippen molar-refractivity contribution < 1.29 is 9.50 Å². The van der Waals surface area contributed by atoms with Crippen LogP contribution >= 0.6 is 0 Å². The zero-order chi connectivity index (χ0) is 9.84. The van der Waals surface area contributed by atoms with Crippen LogP contribution in [0.1, 0.15) is 17.3 Å². The van der Waals surface area contributed by atoms with E-state index in [0.717, 1.165) is 6.07 Å². The first kappa shape index (κ1) is 9.58. The van der Waals surface area contributed by atoms with Crippen molar-refractivity contribution in [2.24, 2.45) is 5.73 Å². The van der Waals surface area contributed by atoms with Crippen molar-refractivity contribution in [1.29, 1.82) is 5.26 Å². The number of hydrogen-bond donors (Lipinski definition) is 2. The molecule has 0 amide bonds. The Labute approximate surface area is 74.4 Å². The number of nitrogens with zero attached hydrogens (tertiary/aromatic N) is 2. The highest BCUT2D eigenvalue weighted by atomic mass is 19.1. The summed E-state index contributed by atoms with van der Waals surface area (Å²) in [6, 6.07) is 2.04. The molecule has 4 nitrogen and oxygen atoms in total. The van der Waals surface area contributed by atoms with Crippen molar-refractivity contribution >= 4 is 0 Å². The third kappa shape index (κ3) is 1.99. The summed E-state index contributed by atoms with van der Waals surface area (Å²) in [5.41, 5.74) is 5.52. The van der Waals surface area contributed by atoms with E-state index < -0.39 is 11.9 Å². The summed E-state index contributed by atoms with van der Waals surface area (Å²) in [6.45, 7) is -0.285. The van der Waals surface area contributed by atoms with Gasteiger partial charge in [-0.25, -0.2) is 9.37 Å². The van der Waals surface area contributed by atoms with Gasteiger partial charge in [0.05, 0.1) is 12.6 Å². The van der Waals surface area contributed by atoms with Crippen molar-refractivity contribution in [3.63, 3.8) is 0 Å². The Balaban J connectivity index is 3.04. The van der Waals surface area contributed by atoms with Crippen molar-refractivity contribution in [2.75, 3.05) is 6.61 Å². The van der Waals surface area contributed by atoms with Gasteiger partial charge in [-0.15, -0.1) is 0 Å². The van der Waals surface area contributed by atoms with Gasteiger partial charge in [0.2, 0.25) is 0 Å². The highest BCUT2D eigenvalue weighted by Gasteiger charge is 2.09. The van der Waals surface area contributed by atoms with Crippen LogP contribution in [-0.4, -0.2) is 16.7 Å². The molecule has 1 rings (SSSR count). The molecular weight excluding hydrogens is 173 g/mol. The van der Waals surface area contributed by atoms with E-state index in [2.05, 4.69) is 4.98 Å². The van der Waals surface area contributed by atoms with Gasteiger partial charge >= 0.3 is 0 Å². The van der Waals surface area contributed by atoms with E-state index in [9.17, 15) is 4.39 Å². The maximum Gasteiger partial charge on any atom is 0.176 e. The molecule has 3 N–H and O–H groups in total. The molecule has 0 aliphatic carbocycles. The van der Waals surface area contributed by atoms with Gasteiger partial charge in [-0.3, -0.25) is 0 Å². The molecule has 0 spiro atoms. The van der Waals surface area contributed by atoms with Gasteiger partial charge in [-0.05, 0) is 11.6 Å². The predicted octanol–water partition coefficient (Wildman–Crippen LogP) is 0.0845. The first-order valence-corrected chi connectivity index (χ1v) is 3.61. The van der Waals surface area contributed by atoms with Gasteiger partial charge < -0.3 is 10.8 Å². The van der Waals surface area contributed by atoms with Crippen molar-refractivity contribution in [2.45, 2.75) is 6.04 Å². The van der Waals surface area contributed by atoms with Gasteiger partial charge in [-0.2, -0.15) is 5.26 Å². The van der Waals surface area contributed by atoms with Gasteiger partial charge in [0.1, 0.15) is 6.07 Å². The summed E-state index contributed by atoms with van der Waals surface area (Å²) in [6.07, 6.45) is 1.28. The predicted molar refractivity (Wildman–Crippen MR) is 42.9 cm³/mol. The molecule has 0 saturated heterocycles. The Hall–Kier alpha value is -1.51. The second kappa shape index (κ2) is 3.94. The fraction of sp³-hybridized carbons (Fsp3) is 0.250. The topological polar surface area (TPSA) is 82.9 Å². The van der Waals surface area contributed by atoms with Gasteiger partial charge in [0.15, 0.2) is 11.5 Å². The normalized spacial score (nSPS) is 12.2. The molecule has 0 unspecified atom stereocenters. The summed E-state index contributed by atoms with van der Waals surface area (Å²) in [5.74, 6) is -0.719. The molecule has 0 saturated carbocycles. The van der Waals surface area contributed by atoms with E-state index in [0.29, 0.717) is 5.56 Å². The molecule has 0 bridgehead atoms. The van der Waals surface area contributed by atoms with Crippen LogP contribution in [-0.2, 0) is 0 Å². The number of pyridine rings is 1. The highest BCUT2D eigenvalue weighted by molar-refractivity contribution is 5.26. The number of nitriles is 1. The summed E-state index contributed by atoms with van der Waals surface area (Å²) in [7, 11) is 0. The standard InChI is InChI=1S/C8H8FN3O/c9-6-1-5(7(11)4-13)3-12-8(6)2-10/h1,3,7,13H,4,11H2/t7-/m0/s1. The van der Waals surface area contributed by atoms with Crippen LogP contribution in [0.2, 0.25) is 0 Å². The first-order valence-electron chi connectivity index (χ1n) is 3.61. The lowest BCUT2D eigenvalue weighted by atomic mass is 10.1. The van der Waals surface area contributed by atoms with E-state index in [1.54, 1.807) is 6.07 Å². The van der Waals surface area contributed by atoms with Crippen LogP contribution < -0.4 is 5.73 Å². The number of aromatic nitrogens is 1. The molecule has 68 valence electrons. The van der Waals surface area contributed by atoms with Crippen molar-refractivity contribution in [3.8, 4) is 6.07 Å². The maximum atomic E-state index is 12.9. The minimum atomic E-state index is -0.719. The average Bonchev–Trinajstić information content (AvgIpc) is 2.16. The van der Waals surface area contributed by atoms with Crippen LogP contribution in [0, 0.1) is 17.1 Å². The maximum absolute atomic E-state index is 12.9. The molecular formula is C8H8FN3O. The van der Waals surface area contributed by atoms with E-state index in [1.165, 1.54) is 6.20 Å². The molecule has 0 radical (unpaired) electrons. The van der Waals surface area contributed by atoms with E-state index in [4.69, 9.17) is 16.1 Å². The minimum Gasteiger partial charge on any atom is -0.394 e. The SMILES string of the molecule is N#Cc1ncc([C@@H](N)CO)cc1F.